The van der Waals surface area contributed by atoms with Crippen molar-refractivity contribution in [2.45, 2.75) is 30.9 Å². The molecule has 6 nitrogen and oxygen atoms in total. The summed E-state index contributed by atoms with van der Waals surface area (Å²) in [6.45, 7) is 5.62. The van der Waals surface area contributed by atoms with Gasteiger partial charge in [-0.05, 0) is 57.2 Å². The maximum Gasteiger partial charge on any atom is 0.255 e. The van der Waals surface area contributed by atoms with E-state index in [0.717, 1.165) is 15.5 Å². The Kier molecular flexibility index (Phi) is 6.43. The Bertz CT molecular complexity index is 986. The van der Waals surface area contributed by atoms with Crippen LogP contribution in [-0.2, 0) is 4.79 Å². The Morgan fingerprint density at radius 3 is 2.43 bits per heavy atom. The van der Waals surface area contributed by atoms with Crippen LogP contribution in [-0.4, -0.2) is 27.3 Å². The molecule has 0 aliphatic carbocycles. The Balaban J connectivity index is 1.56. The first kappa shape index (κ1) is 20.0. The van der Waals surface area contributed by atoms with Gasteiger partial charge in [0.25, 0.3) is 5.91 Å². The van der Waals surface area contributed by atoms with E-state index in [1.165, 1.54) is 23.1 Å². The maximum absolute atomic E-state index is 12.3. The van der Waals surface area contributed by atoms with Gasteiger partial charge in [-0.1, -0.05) is 29.0 Å². The molecule has 3 aromatic rings. The van der Waals surface area contributed by atoms with Crippen LogP contribution in [0.1, 0.15) is 27.9 Å². The molecule has 0 fully saturated rings. The number of carbonyl (C=O) groups is 2. The van der Waals surface area contributed by atoms with E-state index in [4.69, 9.17) is 0 Å². The molecule has 0 bridgehead atoms. The predicted octanol–water partition coefficient (Wildman–Crippen LogP) is 4.53. The monoisotopic (exact) mass is 412 g/mol. The lowest BCUT2D eigenvalue weighted by Gasteiger charge is -2.11. The topological polar surface area (TPSA) is 84.0 Å². The molecule has 3 rings (SSSR count). The standard InChI is InChI=1S/C20H20N4O2S2/c1-12-5-4-6-15(11-12)19(26)21-16-7-9-17(10-8-16)27-13(2)18(25)22-20-24-23-14(3)28-20/h4-11,13H,1-3H3,(H,21,26)(H,22,24,25). The van der Waals surface area contributed by atoms with Gasteiger partial charge in [0.1, 0.15) is 5.01 Å². The number of rotatable bonds is 6. The number of carbonyl (C=O) groups excluding carboxylic acids is 2. The van der Waals surface area contributed by atoms with Crippen LogP contribution in [0.25, 0.3) is 0 Å². The number of nitrogens with one attached hydrogen (secondary N) is 2. The number of aryl methyl sites for hydroxylation is 2. The van der Waals surface area contributed by atoms with Crippen molar-refractivity contribution >= 4 is 45.7 Å². The molecule has 0 radical (unpaired) electrons. The van der Waals surface area contributed by atoms with Crippen molar-refractivity contribution in [3.8, 4) is 0 Å². The molecule has 1 aromatic heterocycles. The Morgan fingerprint density at radius 2 is 1.79 bits per heavy atom. The summed E-state index contributed by atoms with van der Waals surface area (Å²) in [6.07, 6.45) is 0. The largest absolute Gasteiger partial charge is 0.322 e. The van der Waals surface area contributed by atoms with E-state index >= 15 is 0 Å². The van der Waals surface area contributed by atoms with E-state index in [2.05, 4.69) is 20.8 Å². The Labute approximate surface area is 171 Å². The number of nitrogens with zero attached hydrogens (tertiary/aromatic N) is 2. The molecule has 144 valence electrons. The average Bonchev–Trinajstić information content (AvgIpc) is 3.08. The van der Waals surface area contributed by atoms with Crippen molar-refractivity contribution in [3.63, 3.8) is 0 Å². The van der Waals surface area contributed by atoms with Crippen LogP contribution in [0.3, 0.4) is 0 Å². The van der Waals surface area contributed by atoms with Gasteiger partial charge in [-0.15, -0.1) is 22.0 Å². The summed E-state index contributed by atoms with van der Waals surface area (Å²) in [5.74, 6) is -0.276. The minimum absolute atomic E-state index is 0.127. The van der Waals surface area contributed by atoms with E-state index in [-0.39, 0.29) is 17.1 Å². The molecule has 0 aliphatic heterocycles. The fourth-order valence-electron chi connectivity index (χ4n) is 2.42. The van der Waals surface area contributed by atoms with Gasteiger partial charge in [-0.25, -0.2) is 0 Å². The number of thioether (sulfide) groups is 1. The van der Waals surface area contributed by atoms with Gasteiger partial charge in [-0.3, -0.25) is 14.9 Å². The van der Waals surface area contributed by atoms with Crippen LogP contribution in [0.15, 0.2) is 53.4 Å². The van der Waals surface area contributed by atoms with Crippen LogP contribution in [0.4, 0.5) is 10.8 Å². The molecule has 8 heteroatoms. The second-order valence-electron chi connectivity index (χ2n) is 6.22. The fraction of sp³-hybridized carbons (Fsp3) is 0.200. The molecule has 0 spiro atoms. The molecule has 2 N–H and O–H groups in total. The molecule has 2 amide bonds. The smallest absolute Gasteiger partial charge is 0.255 e. The molecule has 2 aromatic carbocycles. The van der Waals surface area contributed by atoms with Crippen molar-refractivity contribution < 1.29 is 9.59 Å². The molecular weight excluding hydrogens is 392 g/mol. The average molecular weight is 413 g/mol. The summed E-state index contributed by atoms with van der Waals surface area (Å²) in [4.78, 5) is 25.5. The van der Waals surface area contributed by atoms with Gasteiger partial charge < -0.3 is 5.32 Å². The van der Waals surface area contributed by atoms with Crippen LogP contribution in [0.5, 0.6) is 0 Å². The highest BCUT2D eigenvalue weighted by Gasteiger charge is 2.16. The summed E-state index contributed by atoms with van der Waals surface area (Å²) in [6, 6.07) is 14.9. The van der Waals surface area contributed by atoms with E-state index < -0.39 is 0 Å². The highest BCUT2D eigenvalue weighted by molar-refractivity contribution is 8.00. The van der Waals surface area contributed by atoms with Crippen molar-refractivity contribution in [2.75, 3.05) is 10.6 Å². The lowest BCUT2D eigenvalue weighted by atomic mass is 10.1. The highest BCUT2D eigenvalue weighted by Crippen LogP contribution is 2.26. The van der Waals surface area contributed by atoms with Gasteiger partial charge in [0.05, 0.1) is 5.25 Å². The summed E-state index contributed by atoms with van der Waals surface area (Å²) < 4.78 is 0. The summed E-state index contributed by atoms with van der Waals surface area (Å²) in [7, 11) is 0. The second kappa shape index (κ2) is 8.99. The molecule has 0 aliphatic rings. The minimum atomic E-state index is -0.294. The van der Waals surface area contributed by atoms with Crippen LogP contribution < -0.4 is 10.6 Å². The van der Waals surface area contributed by atoms with Gasteiger partial charge in [-0.2, -0.15) is 0 Å². The SMILES string of the molecule is Cc1cccc(C(=O)Nc2ccc(SC(C)C(=O)Nc3nnc(C)s3)cc2)c1. The number of benzene rings is 2. The van der Waals surface area contributed by atoms with E-state index in [9.17, 15) is 9.59 Å². The van der Waals surface area contributed by atoms with E-state index in [1.54, 1.807) is 6.07 Å². The van der Waals surface area contributed by atoms with Gasteiger partial charge in [0.15, 0.2) is 0 Å². The lowest BCUT2D eigenvalue weighted by Crippen LogP contribution is -2.22. The summed E-state index contributed by atoms with van der Waals surface area (Å²) in [5.41, 5.74) is 2.36. The molecular formula is C20H20N4O2S2. The zero-order valence-electron chi connectivity index (χ0n) is 15.7. The first-order chi connectivity index (χ1) is 13.4. The van der Waals surface area contributed by atoms with Crippen LogP contribution in [0.2, 0.25) is 0 Å². The zero-order valence-corrected chi connectivity index (χ0v) is 17.4. The first-order valence-electron chi connectivity index (χ1n) is 8.66. The molecule has 0 saturated heterocycles. The van der Waals surface area contributed by atoms with Gasteiger partial charge in [0.2, 0.25) is 11.0 Å². The zero-order chi connectivity index (χ0) is 20.1. The molecule has 1 heterocycles. The quantitative estimate of drug-likeness (QED) is 0.581. The number of hydrogen-bond acceptors (Lipinski definition) is 6. The Hall–Kier alpha value is -2.71. The summed E-state index contributed by atoms with van der Waals surface area (Å²) >= 11 is 2.78. The first-order valence-corrected chi connectivity index (χ1v) is 10.4. The van der Waals surface area contributed by atoms with Crippen molar-refractivity contribution in [2.24, 2.45) is 0 Å². The molecule has 1 atom stereocenters. The lowest BCUT2D eigenvalue weighted by molar-refractivity contribution is -0.115. The van der Waals surface area contributed by atoms with Gasteiger partial charge in [0, 0.05) is 16.1 Å². The molecule has 1 unspecified atom stereocenters. The third-order valence-electron chi connectivity index (χ3n) is 3.83. The number of hydrogen-bond donors (Lipinski definition) is 2. The minimum Gasteiger partial charge on any atom is -0.322 e. The fourth-order valence-corrected chi connectivity index (χ4v) is 3.88. The van der Waals surface area contributed by atoms with Crippen molar-refractivity contribution in [3.05, 3.63) is 64.7 Å². The van der Waals surface area contributed by atoms with Gasteiger partial charge >= 0.3 is 0 Å². The summed E-state index contributed by atoms with van der Waals surface area (Å²) in [5, 5.41) is 14.5. The third kappa shape index (κ3) is 5.40. The van der Waals surface area contributed by atoms with Crippen LogP contribution >= 0.6 is 23.1 Å². The van der Waals surface area contributed by atoms with Crippen LogP contribution in [0, 0.1) is 13.8 Å². The second-order valence-corrected chi connectivity index (χ2v) is 8.82. The third-order valence-corrected chi connectivity index (χ3v) is 5.70. The van der Waals surface area contributed by atoms with Crippen molar-refractivity contribution in [1.29, 1.82) is 0 Å². The number of aromatic nitrogens is 2. The number of amides is 2. The van der Waals surface area contributed by atoms with E-state index in [1.807, 2.05) is 63.2 Å². The molecule has 0 saturated carbocycles. The normalized spacial score (nSPS) is 11.7. The highest BCUT2D eigenvalue weighted by atomic mass is 32.2. The predicted molar refractivity (Wildman–Crippen MR) is 114 cm³/mol. The molecule has 28 heavy (non-hydrogen) atoms. The van der Waals surface area contributed by atoms with E-state index in [0.29, 0.717) is 16.4 Å². The Morgan fingerprint density at radius 1 is 1.04 bits per heavy atom. The van der Waals surface area contributed by atoms with Crippen molar-refractivity contribution in [1.82, 2.24) is 10.2 Å². The maximum atomic E-state index is 12.3. The number of anilines is 2.